The topological polar surface area (TPSA) is 81.4 Å². The van der Waals surface area contributed by atoms with Gasteiger partial charge in [-0.2, -0.15) is 0 Å². The summed E-state index contributed by atoms with van der Waals surface area (Å²) in [5.74, 6) is 0.194. The zero-order chi connectivity index (χ0) is 14.5. The van der Waals surface area contributed by atoms with Crippen LogP contribution in [0.3, 0.4) is 0 Å². The Kier molecular flexibility index (Phi) is 4.76. The minimum absolute atomic E-state index is 0.0618. The molecular weight excluding hydrogens is 260 g/mol. The molecule has 1 aliphatic rings. The van der Waals surface area contributed by atoms with Crippen molar-refractivity contribution in [2.45, 2.75) is 52.1 Å². The fourth-order valence-corrected chi connectivity index (χ4v) is 2.32. The number of nitrogens with zero attached hydrogens (tertiary/aromatic N) is 1. The van der Waals surface area contributed by atoms with Gasteiger partial charge in [0.25, 0.3) is 5.91 Å². The van der Waals surface area contributed by atoms with Gasteiger partial charge < -0.3 is 14.6 Å². The van der Waals surface area contributed by atoms with Crippen molar-refractivity contribution in [3.05, 3.63) is 11.8 Å². The molecule has 1 unspecified atom stereocenters. The third-order valence-electron chi connectivity index (χ3n) is 3.48. The smallest absolute Gasteiger partial charge is 0.309 e. The van der Waals surface area contributed by atoms with Gasteiger partial charge in [0.05, 0.1) is 5.92 Å². The molecule has 1 aromatic heterocycles. The third-order valence-corrected chi connectivity index (χ3v) is 3.48. The van der Waals surface area contributed by atoms with E-state index in [4.69, 9.17) is 9.26 Å². The highest BCUT2D eigenvalue weighted by atomic mass is 16.5. The Hall–Kier alpha value is -1.85. The first-order valence-electron chi connectivity index (χ1n) is 7.01. The predicted molar refractivity (Wildman–Crippen MR) is 72.0 cm³/mol. The van der Waals surface area contributed by atoms with Gasteiger partial charge in [0.2, 0.25) is 0 Å². The van der Waals surface area contributed by atoms with Crippen LogP contribution in [0.1, 0.15) is 44.8 Å². The fraction of sp³-hybridized carbons (Fsp3) is 0.643. The number of esters is 1. The zero-order valence-electron chi connectivity index (χ0n) is 11.8. The molecule has 0 spiro atoms. The number of carbonyl (C=O) groups excluding carboxylic acids is 2. The second-order valence-electron chi connectivity index (χ2n) is 5.23. The van der Waals surface area contributed by atoms with Crippen LogP contribution in [0.25, 0.3) is 0 Å². The molecule has 0 bridgehead atoms. The summed E-state index contributed by atoms with van der Waals surface area (Å²) in [7, 11) is 0. The molecule has 1 amide bonds. The Morgan fingerprint density at radius 3 is 2.70 bits per heavy atom. The van der Waals surface area contributed by atoms with Gasteiger partial charge in [-0.3, -0.25) is 9.59 Å². The molecule has 1 atom stereocenters. The maximum absolute atomic E-state index is 11.9. The molecule has 0 saturated heterocycles. The average Bonchev–Trinajstić information content (AvgIpc) is 2.85. The van der Waals surface area contributed by atoms with Crippen molar-refractivity contribution >= 4 is 17.7 Å². The van der Waals surface area contributed by atoms with E-state index in [0.717, 1.165) is 25.7 Å². The molecule has 20 heavy (non-hydrogen) atoms. The summed E-state index contributed by atoms with van der Waals surface area (Å²) >= 11 is 0. The van der Waals surface area contributed by atoms with Gasteiger partial charge in [0.15, 0.2) is 11.9 Å². The Labute approximate surface area is 117 Å². The molecule has 0 aliphatic heterocycles. The summed E-state index contributed by atoms with van der Waals surface area (Å²) in [6, 6.07) is 1.60. The van der Waals surface area contributed by atoms with Gasteiger partial charge in [0.1, 0.15) is 5.76 Å². The summed E-state index contributed by atoms with van der Waals surface area (Å²) in [5.41, 5.74) is 0. The SMILES string of the molecule is Cc1cc(NC(=O)C(C)OC(=O)C2CCCCC2)no1. The summed E-state index contributed by atoms with van der Waals surface area (Å²) in [4.78, 5) is 23.8. The van der Waals surface area contributed by atoms with Crippen LogP contribution < -0.4 is 5.32 Å². The van der Waals surface area contributed by atoms with Gasteiger partial charge in [-0.15, -0.1) is 0 Å². The fourth-order valence-electron chi connectivity index (χ4n) is 2.32. The van der Waals surface area contributed by atoms with E-state index in [9.17, 15) is 9.59 Å². The van der Waals surface area contributed by atoms with Crippen LogP contribution >= 0.6 is 0 Å². The maximum Gasteiger partial charge on any atom is 0.309 e. The van der Waals surface area contributed by atoms with Crippen LogP contribution in [0.15, 0.2) is 10.6 Å². The molecule has 1 heterocycles. The number of rotatable bonds is 4. The zero-order valence-corrected chi connectivity index (χ0v) is 11.8. The lowest BCUT2D eigenvalue weighted by molar-refractivity contribution is -0.158. The van der Waals surface area contributed by atoms with Gasteiger partial charge in [-0.05, 0) is 26.7 Å². The van der Waals surface area contributed by atoms with Crippen LogP contribution in [-0.4, -0.2) is 23.1 Å². The Balaban J connectivity index is 1.82. The van der Waals surface area contributed by atoms with E-state index in [-0.39, 0.29) is 11.9 Å². The average molecular weight is 280 g/mol. The molecule has 1 saturated carbocycles. The van der Waals surface area contributed by atoms with Gasteiger partial charge in [0, 0.05) is 6.07 Å². The summed E-state index contributed by atoms with van der Waals surface area (Å²) < 4.78 is 10.1. The number of nitrogens with one attached hydrogen (secondary N) is 1. The number of hydrogen-bond donors (Lipinski definition) is 1. The number of anilines is 1. The number of aryl methyl sites for hydroxylation is 1. The molecule has 1 aliphatic carbocycles. The number of aromatic nitrogens is 1. The van der Waals surface area contributed by atoms with E-state index in [1.54, 1.807) is 19.9 Å². The van der Waals surface area contributed by atoms with Crippen LogP contribution in [0, 0.1) is 12.8 Å². The lowest BCUT2D eigenvalue weighted by Gasteiger charge is -2.21. The molecule has 1 fully saturated rings. The van der Waals surface area contributed by atoms with Crippen molar-refractivity contribution in [2.75, 3.05) is 5.32 Å². The van der Waals surface area contributed by atoms with Crippen molar-refractivity contribution in [3.63, 3.8) is 0 Å². The van der Waals surface area contributed by atoms with E-state index in [2.05, 4.69) is 10.5 Å². The van der Waals surface area contributed by atoms with Crippen molar-refractivity contribution in [2.24, 2.45) is 5.92 Å². The quantitative estimate of drug-likeness (QED) is 0.857. The van der Waals surface area contributed by atoms with Crippen molar-refractivity contribution in [1.82, 2.24) is 5.16 Å². The lowest BCUT2D eigenvalue weighted by Crippen LogP contribution is -2.33. The van der Waals surface area contributed by atoms with Crippen molar-refractivity contribution in [1.29, 1.82) is 0 Å². The number of carbonyl (C=O) groups is 2. The minimum Gasteiger partial charge on any atom is -0.452 e. The third kappa shape index (κ3) is 3.82. The summed E-state index contributed by atoms with van der Waals surface area (Å²) in [5, 5.41) is 6.21. The Morgan fingerprint density at radius 1 is 1.40 bits per heavy atom. The van der Waals surface area contributed by atoms with Gasteiger partial charge in [-0.25, -0.2) is 0 Å². The Morgan fingerprint density at radius 2 is 2.10 bits per heavy atom. The largest absolute Gasteiger partial charge is 0.452 e. The molecule has 1 aromatic rings. The van der Waals surface area contributed by atoms with Crippen molar-refractivity contribution in [3.8, 4) is 0 Å². The minimum atomic E-state index is -0.832. The second-order valence-corrected chi connectivity index (χ2v) is 5.23. The molecular formula is C14H20N2O4. The number of hydrogen-bond acceptors (Lipinski definition) is 5. The van der Waals surface area contributed by atoms with Gasteiger partial charge >= 0.3 is 5.97 Å². The first-order chi connectivity index (χ1) is 9.56. The standard InChI is InChI=1S/C14H20N2O4/c1-9-8-12(16-20-9)15-13(17)10(2)19-14(18)11-6-4-3-5-7-11/h8,10-11H,3-7H2,1-2H3,(H,15,16,17). The molecule has 6 nitrogen and oxygen atoms in total. The molecule has 110 valence electrons. The molecule has 6 heteroatoms. The van der Waals surface area contributed by atoms with E-state index in [0.29, 0.717) is 11.6 Å². The van der Waals surface area contributed by atoms with E-state index in [1.165, 1.54) is 6.42 Å². The lowest BCUT2D eigenvalue weighted by atomic mass is 9.89. The summed E-state index contributed by atoms with van der Waals surface area (Å²) in [6.07, 6.45) is 4.16. The molecule has 0 aromatic carbocycles. The first-order valence-corrected chi connectivity index (χ1v) is 7.01. The van der Waals surface area contributed by atoms with Crippen LogP contribution in [0.4, 0.5) is 5.82 Å². The van der Waals surface area contributed by atoms with E-state index in [1.807, 2.05) is 0 Å². The highest BCUT2D eigenvalue weighted by Gasteiger charge is 2.26. The molecule has 0 radical (unpaired) electrons. The number of amides is 1. The van der Waals surface area contributed by atoms with Crippen LogP contribution in [-0.2, 0) is 14.3 Å². The predicted octanol–water partition coefficient (Wildman–Crippen LogP) is 2.43. The normalized spacial score (nSPS) is 17.5. The monoisotopic (exact) mass is 280 g/mol. The van der Waals surface area contributed by atoms with Gasteiger partial charge in [-0.1, -0.05) is 24.4 Å². The van der Waals surface area contributed by atoms with Crippen molar-refractivity contribution < 1.29 is 18.8 Å². The van der Waals surface area contributed by atoms with E-state index >= 15 is 0 Å². The highest BCUT2D eigenvalue weighted by molar-refractivity contribution is 5.94. The maximum atomic E-state index is 11.9. The molecule has 2 rings (SSSR count). The Bertz CT molecular complexity index is 477. The van der Waals surface area contributed by atoms with E-state index < -0.39 is 12.0 Å². The van der Waals surface area contributed by atoms with Crippen LogP contribution in [0.2, 0.25) is 0 Å². The second kappa shape index (κ2) is 6.54. The van der Waals surface area contributed by atoms with Crippen LogP contribution in [0.5, 0.6) is 0 Å². The highest BCUT2D eigenvalue weighted by Crippen LogP contribution is 2.25. The first kappa shape index (κ1) is 14.6. The summed E-state index contributed by atoms with van der Waals surface area (Å²) in [6.45, 7) is 3.29. The molecule has 1 N–H and O–H groups in total. The number of ether oxygens (including phenoxy) is 1.